The van der Waals surface area contributed by atoms with Crippen LogP contribution >= 0.6 is 0 Å². The molecule has 0 fully saturated rings. The van der Waals surface area contributed by atoms with Gasteiger partial charge in [0.2, 0.25) is 0 Å². The monoisotopic (exact) mass is 491 g/mol. The Labute approximate surface area is 177 Å². The van der Waals surface area contributed by atoms with Crippen LogP contribution in [-0.4, -0.2) is 72.6 Å². The summed E-state index contributed by atoms with van der Waals surface area (Å²) in [6.07, 6.45) is 0.355. The maximum absolute atomic E-state index is 10.7. The molecule has 12 nitrogen and oxygen atoms in total. The predicted octanol–water partition coefficient (Wildman–Crippen LogP) is 0.580. The molecule has 1 atom stereocenters. The zero-order valence-electron chi connectivity index (χ0n) is 15.8. The van der Waals surface area contributed by atoms with Gasteiger partial charge < -0.3 is 22.9 Å². The molecule has 1 unspecified atom stereocenters. The van der Waals surface area contributed by atoms with Crippen LogP contribution in [0, 0.1) is 0 Å². The Morgan fingerprint density at radius 1 is 0.733 bits per heavy atom. The highest BCUT2D eigenvalue weighted by Crippen LogP contribution is 2.28. The lowest BCUT2D eigenvalue weighted by atomic mass is 10.3. The van der Waals surface area contributed by atoms with Gasteiger partial charge in [-0.15, -0.1) is 0 Å². The third-order valence-electron chi connectivity index (χ3n) is 3.22. The fraction of sp³-hybridized carbons (Fsp3) is 0.600. The molecular formula is C15H23O12S3-. The second kappa shape index (κ2) is 13.0. The molecule has 0 spiro atoms. The molecule has 0 aliphatic heterocycles. The van der Waals surface area contributed by atoms with Crippen molar-refractivity contribution in [2.75, 3.05) is 37.9 Å². The average molecular weight is 492 g/mol. The second-order valence-electron chi connectivity index (χ2n) is 5.84. The van der Waals surface area contributed by atoms with E-state index >= 15 is 0 Å². The highest BCUT2D eigenvalue weighted by atomic mass is 32.2. The first-order chi connectivity index (χ1) is 13.9. The molecule has 1 rings (SSSR count). The molecule has 0 heterocycles. The molecule has 15 heteroatoms. The van der Waals surface area contributed by atoms with Crippen molar-refractivity contribution in [3.63, 3.8) is 0 Å². The third kappa shape index (κ3) is 14.5. The zero-order chi connectivity index (χ0) is 22.6. The van der Waals surface area contributed by atoms with E-state index in [1.807, 2.05) is 0 Å². The van der Waals surface area contributed by atoms with Crippen LogP contribution in [-0.2, 0) is 35.8 Å². The van der Waals surface area contributed by atoms with Gasteiger partial charge in [0.05, 0.1) is 49.3 Å². The molecule has 0 amide bonds. The summed E-state index contributed by atoms with van der Waals surface area (Å²) in [5.74, 6) is -0.101. The highest BCUT2D eigenvalue weighted by Gasteiger charge is 2.09. The van der Waals surface area contributed by atoms with E-state index in [1.165, 1.54) is 18.2 Å². The minimum absolute atomic E-state index is 0.0193. The Bertz CT molecular complexity index is 824. The first-order valence-corrected chi connectivity index (χ1v) is 12.8. The van der Waals surface area contributed by atoms with E-state index in [-0.39, 0.29) is 57.2 Å². The van der Waals surface area contributed by atoms with Crippen molar-refractivity contribution in [2.24, 2.45) is 0 Å². The summed E-state index contributed by atoms with van der Waals surface area (Å²) in [5.41, 5.74) is 0. The molecule has 1 aromatic carbocycles. The van der Waals surface area contributed by atoms with Crippen LogP contribution in [0.2, 0.25) is 0 Å². The van der Waals surface area contributed by atoms with Crippen LogP contribution in [0.3, 0.4) is 0 Å². The van der Waals surface area contributed by atoms with Gasteiger partial charge in [0.15, 0.2) is 0 Å². The fourth-order valence-corrected chi connectivity index (χ4v) is 3.25. The van der Waals surface area contributed by atoms with Crippen molar-refractivity contribution in [1.82, 2.24) is 0 Å². The van der Waals surface area contributed by atoms with E-state index in [0.29, 0.717) is 5.75 Å². The minimum Gasteiger partial charge on any atom is -0.750 e. The lowest BCUT2D eigenvalue weighted by molar-refractivity contribution is 0.241. The first-order valence-electron chi connectivity index (χ1n) is 8.61. The van der Waals surface area contributed by atoms with E-state index < -0.39 is 43.1 Å². The predicted molar refractivity (Wildman–Crippen MR) is 104 cm³/mol. The van der Waals surface area contributed by atoms with Crippen molar-refractivity contribution < 1.29 is 53.1 Å². The summed E-state index contributed by atoms with van der Waals surface area (Å²) in [5, 5.41) is 0. The Balaban J connectivity index is 2.67. The molecule has 0 saturated carbocycles. The van der Waals surface area contributed by atoms with Gasteiger partial charge in [-0.2, -0.15) is 16.8 Å². The summed E-state index contributed by atoms with van der Waals surface area (Å²) < 4.78 is 102. The van der Waals surface area contributed by atoms with Crippen LogP contribution in [0.5, 0.6) is 17.2 Å². The number of benzene rings is 1. The average Bonchev–Trinajstić information content (AvgIpc) is 2.60. The highest BCUT2D eigenvalue weighted by molar-refractivity contribution is 7.86. The normalized spacial score (nSPS) is 13.0. The summed E-state index contributed by atoms with van der Waals surface area (Å²) in [6, 6.07) is 4.45. The van der Waals surface area contributed by atoms with Gasteiger partial charge in [-0.25, -0.2) is 4.21 Å². The van der Waals surface area contributed by atoms with Crippen molar-refractivity contribution in [3.05, 3.63) is 18.2 Å². The molecule has 0 aliphatic rings. The molecule has 0 aliphatic carbocycles. The molecule has 0 aromatic heterocycles. The van der Waals surface area contributed by atoms with Gasteiger partial charge in [0, 0.05) is 24.6 Å². The van der Waals surface area contributed by atoms with Gasteiger partial charge in [0.25, 0.3) is 20.2 Å². The van der Waals surface area contributed by atoms with Crippen LogP contribution in [0.15, 0.2) is 18.2 Å². The number of hydrogen-bond acceptors (Lipinski definition) is 10. The quantitative estimate of drug-likeness (QED) is 0.186. The van der Waals surface area contributed by atoms with Crippen molar-refractivity contribution in [1.29, 1.82) is 0 Å². The van der Waals surface area contributed by atoms with Crippen LogP contribution in [0.4, 0.5) is 0 Å². The Morgan fingerprint density at radius 3 is 1.43 bits per heavy atom. The van der Waals surface area contributed by atoms with Crippen LogP contribution < -0.4 is 14.2 Å². The summed E-state index contributed by atoms with van der Waals surface area (Å²) in [4.78, 5) is 0. The van der Waals surface area contributed by atoms with E-state index in [1.54, 1.807) is 0 Å². The van der Waals surface area contributed by atoms with Crippen LogP contribution in [0.25, 0.3) is 0 Å². The Kier molecular flexibility index (Phi) is 11.5. The van der Waals surface area contributed by atoms with Crippen molar-refractivity contribution in [3.8, 4) is 17.2 Å². The van der Waals surface area contributed by atoms with Gasteiger partial charge in [0.1, 0.15) is 17.2 Å². The SMILES string of the molecule is O=S([O-])OCCCOc1cc(OCCCS(=O)(=O)O)cc(OCCCS(=O)(=O)O)c1. The standard InChI is InChI=1S/C15H24O12S3/c16-28(17)27-7-1-4-24-13-10-14(25-5-2-8-29(18,19)20)12-15(11-13)26-6-3-9-30(21,22)23/h10-12H,1-9H2,(H,16,17)(H,18,19,20)(H,21,22,23)/p-1. The molecule has 0 bridgehead atoms. The second-order valence-corrected chi connectivity index (χ2v) is 9.63. The smallest absolute Gasteiger partial charge is 0.264 e. The van der Waals surface area contributed by atoms with Gasteiger partial charge in [-0.3, -0.25) is 9.11 Å². The number of rotatable bonds is 16. The lowest BCUT2D eigenvalue weighted by Gasteiger charge is -2.13. The number of hydrogen-bond donors (Lipinski definition) is 2. The van der Waals surface area contributed by atoms with Crippen LogP contribution in [0.1, 0.15) is 19.3 Å². The summed E-state index contributed by atoms with van der Waals surface area (Å²) in [6.45, 7) is 0.00964. The van der Waals surface area contributed by atoms with E-state index in [9.17, 15) is 25.6 Å². The van der Waals surface area contributed by atoms with Crippen molar-refractivity contribution in [2.45, 2.75) is 19.3 Å². The first kappa shape index (κ1) is 26.5. The molecule has 30 heavy (non-hydrogen) atoms. The van der Waals surface area contributed by atoms with E-state index in [2.05, 4.69) is 4.18 Å². The van der Waals surface area contributed by atoms with E-state index in [4.69, 9.17) is 23.3 Å². The maximum atomic E-state index is 10.7. The topological polar surface area (TPSA) is 186 Å². The Morgan fingerprint density at radius 2 is 1.10 bits per heavy atom. The summed E-state index contributed by atoms with van der Waals surface area (Å²) in [7, 11) is -8.20. The third-order valence-corrected chi connectivity index (χ3v) is 5.19. The van der Waals surface area contributed by atoms with Crippen molar-refractivity contribution >= 4 is 31.6 Å². The maximum Gasteiger partial charge on any atom is 0.264 e. The summed E-state index contributed by atoms with van der Waals surface area (Å²) >= 11 is -2.61. The van der Waals surface area contributed by atoms with E-state index in [0.717, 1.165) is 0 Å². The zero-order valence-corrected chi connectivity index (χ0v) is 18.2. The van der Waals surface area contributed by atoms with Gasteiger partial charge in [-0.05, 0) is 12.8 Å². The molecule has 2 N–H and O–H groups in total. The van der Waals surface area contributed by atoms with Gasteiger partial charge >= 0.3 is 0 Å². The fourth-order valence-electron chi connectivity index (χ4n) is 2.03. The molecular weight excluding hydrogens is 468 g/mol. The largest absolute Gasteiger partial charge is 0.750 e. The minimum atomic E-state index is -4.10. The lowest BCUT2D eigenvalue weighted by Crippen LogP contribution is -2.10. The molecule has 174 valence electrons. The molecule has 0 radical (unpaired) electrons. The Hall–Kier alpha value is -1.49. The van der Waals surface area contributed by atoms with Gasteiger partial charge in [-0.1, -0.05) is 0 Å². The molecule has 0 saturated heterocycles. The molecule has 1 aromatic rings. The number of ether oxygens (including phenoxy) is 3.